The van der Waals surface area contributed by atoms with Crippen LogP contribution in [0, 0.1) is 0 Å². The molecule has 3 aromatic heterocycles. The molecule has 1 aliphatic heterocycles. The summed E-state index contributed by atoms with van der Waals surface area (Å²) >= 11 is 0. The van der Waals surface area contributed by atoms with E-state index >= 15 is 0 Å². The first-order valence-corrected chi connectivity index (χ1v) is 6.73. The number of hydrogen-bond donors (Lipinski definition) is 1. The Kier molecular flexibility index (Phi) is 2.45. The Hall–Kier alpha value is -2.44. The molecule has 0 bridgehead atoms. The summed E-state index contributed by atoms with van der Waals surface area (Å²) in [6.45, 7) is 0.981. The fourth-order valence-corrected chi connectivity index (χ4v) is 2.97. The van der Waals surface area contributed by atoms with Crippen LogP contribution in [-0.4, -0.2) is 36.3 Å². The smallest absolute Gasteiger partial charge is 0.155 e. The molecule has 102 valence electrons. The van der Waals surface area contributed by atoms with Gasteiger partial charge in [0.1, 0.15) is 24.1 Å². The van der Waals surface area contributed by atoms with Crippen LogP contribution in [-0.2, 0) is 7.05 Å². The van der Waals surface area contributed by atoms with E-state index in [1.807, 2.05) is 23.9 Å². The maximum absolute atomic E-state index is 4.49. The Labute approximate surface area is 115 Å². The summed E-state index contributed by atoms with van der Waals surface area (Å²) in [5.41, 5.74) is 0.874. The van der Waals surface area contributed by atoms with Crippen LogP contribution >= 0.6 is 0 Å². The summed E-state index contributed by atoms with van der Waals surface area (Å²) in [6.07, 6.45) is 7.46. The molecule has 1 fully saturated rings. The topological polar surface area (TPSA) is 75.5 Å². The Morgan fingerprint density at radius 3 is 3.15 bits per heavy atom. The van der Waals surface area contributed by atoms with Crippen molar-refractivity contribution in [2.45, 2.75) is 18.9 Å². The predicted molar refractivity (Wildman–Crippen MR) is 74.2 cm³/mol. The minimum atomic E-state index is 0.232. The van der Waals surface area contributed by atoms with Crippen molar-refractivity contribution in [2.24, 2.45) is 7.05 Å². The zero-order chi connectivity index (χ0) is 13.5. The van der Waals surface area contributed by atoms with E-state index in [1.165, 1.54) is 0 Å². The lowest BCUT2D eigenvalue weighted by atomic mass is 10.2. The Morgan fingerprint density at radius 1 is 1.35 bits per heavy atom. The summed E-state index contributed by atoms with van der Waals surface area (Å²) in [4.78, 5) is 14.2. The normalized spacial score (nSPS) is 19.1. The number of rotatable bonds is 2. The van der Waals surface area contributed by atoms with Gasteiger partial charge in [-0.05, 0) is 18.9 Å². The van der Waals surface area contributed by atoms with E-state index in [9.17, 15) is 0 Å². The lowest BCUT2D eigenvalue weighted by molar-refractivity contribution is 0.626. The molecule has 0 radical (unpaired) electrons. The molecule has 0 aromatic carbocycles. The summed E-state index contributed by atoms with van der Waals surface area (Å²) in [5.74, 6) is 1.96. The van der Waals surface area contributed by atoms with E-state index in [4.69, 9.17) is 0 Å². The van der Waals surface area contributed by atoms with Crippen LogP contribution in [0.2, 0.25) is 0 Å². The second-order valence-corrected chi connectivity index (χ2v) is 5.09. The molecule has 1 atom stereocenters. The van der Waals surface area contributed by atoms with E-state index < -0.39 is 0 Å². The highest BCUT2D eigenvalue weighted by Crippen LogP contribution is 2.36. The van der Waals surface area contributed by atoms with Gasteiger partial charge >= 0.3 is 0 Å². The zero-order valence-corrected chi connectivity index (χ0v) is 11.2. The molecule has 0 amide bonds. The molecule has 1 unspecified atom stereocenters. The molecule has 3 aromatic rings. The largest absolute Gasteiger partial charge is 0.346 e. The number of nitrogens with zero attached hydrogens (tertiary/aromatic N) is 6. The third-order valence-electron chi connectivity index (χ3n) is 3.90. The Bertz CT molecular complexity index is 744. The first-order valence-electron chi connectivity index (χ1n) is 6.73. The molecule has 1 N–H and O–H groups in total. The maximum Gasteiger partial charge on any atom is 0.155 e. The van der Waals surface area contributed by atoms with Crippen LogP contribution in [0.5, 0.6) is 0 Å². The first kappa shape index (κ1) is 11.4. The summed E-state index contributed by atoms with van der Waals surface area (Å²) in [5, 5.41) is 9.31. The quantitative estimate of drug-likeness (QED) is 0.761. The average molecular weight is 269 g/mol. The van der Waals surface area contributed by atoms with Crippen LogP contribution < -0.4 is 4.90 Å². The van der Waals surface area contributed by atoms with Gasteiger partial charge in [0, 0.05) is 19.8 Å². The second kappa shape index (κ2) is 4.29. The van der Waals surface area contributed by atoms with Crippen molar-refractivity contribution in [2.75, 3.05) is 11.4 Å². The van der Waals surface area contributed by atoms with Crippen molar-refractivity contribution in [1.29, 1.82) is 0 Å². The molecular weight excluding hydrogens is 254 g/mol. The molecule has 4 rings (SSSR count). The number of nitrogens with one attached hydrogen (secondary N) is 1. The lowest BCUT2D eigenvalue weighted by Crippen LogP contribution is -2.25. The van der Waals surface area contributed by atoms with Crippen molar-refractivity contribution in [3.8, 4) is 0 Å². The van der Waals surface area contributed by atoms with Crippen molar-refractivity contribution in [3.63, 3.8) is 0 Å². The number of aromatic amines is 1. The molecule has 1 saturated heterocycles. The van der Waals surface area contributed by atoms with Gasteiger partial charge in [0.2, 0.25) is 0 Å². The fraction of sp³-hybridized carbons (Fsp3) is 0.385. The first-order chi connectivity index (χ1) is 9.84. The third kappa shape index (κ3) is 1.59. The minimum absolute atomic E-state index is 0.232. The van der Waals surface area contributed by atoms with Gasteiger partial charge in [0.05, 0.1) is 11.4 Å². The van der Waals surface area contributed by atoms with Gasteiger partial charge < -0.3 is 14.5 Å². The fourth-order valence-electron chi connectivity index (χ4n) is 2.97. The van der Waals surface area contributed by atoms with E-state index in [1.54, 1.807) is 12.7 Å². The summed E-state index contributed by atoms with van der Waals surface area (Å²) in [6, 6.07) is 2.26. The summed E-state index contributed by atoms with van der Waals surface area (Å²) in [7, 11) is 1.98. The lowest BCUT2D eigenvalue weighted by Gasteiger charge is -2.25. The van der Waals surface area contributed by atoms with E-state index in [0.717, 1.165) is 42.1 Å². The summed E-state index contributed by atoms with van der Waals surface area (Å²) < 4.78 is 1.98. The standard InChI is InChI=1S/C13H15N7/c1-19-8-17-18-13(19)10-3-2-6-20(10)12-9-4-5-14-11(9)15-7-16-12/h4-5,7-8,10H,2-3,6H2,1H3,(H,14,15,16). The van der Waals surface area contributed by atoms with Gasteiger partial charge in [-0.3, -0.25) is 0 Å². The van der Waals surface area contributed by atoms with Crippen LogP contribution in [0.3, 0.4) is 0 Å². The maximum atomic E-state index is 4.49. The predicted octanol–water partition coefficient (Wildman–Crippen LogP) is 1.43. The molecular formula is C13H15N7. The molecule has 7 nitrogen and oxygen atoms in total. The van der Waals surface area contributed by atoms with Gasteiger partial charge in [0.25, 0.3) is 0 Å². The van der Waals surface area contributed by atoms with Crippen molar-refractivity contribution in [3.05, 3.63) is 30.7 Å². The number of anilines is 1. The number of aromatic nitrogens is 6. The van der Waals surface area contributed by atoms with Gasteiger partial charge in [0.15, 0.2) is 5.82 Å². The number of aryl methyl sites for hydroxylation is 1. The number of hydrogen-bond acceptors (Lipinski definition) is 5. The molecule has 0 saturated carbocycles. The monoisotopic (exact) mass is 269 g/mol. The van der Waals surface area contributed by atoms with E-state index in [0.29, 0.717) is 0 Å². The molecule has 4 heterocycles. The van der Waals surface area contributed by atoms with E-state index in [2.05, 4.69) is 30.0 Å². The van der Waals surface area contributed by atoms with Gasteiger partial charge in [-0.25, -0.2) is 9.97 Å². The SMILES string of the molecule is Cn1cnnc1C1CCCN1c1ncnc2[nH]ccc12. The highest BCUT2D eigenvalue weighted by molar-refractivity contribution is 5.87. The van der Waals surface area contributed by atoms with Crippen molar-refractivity contribution < 1.29 is 0 Å². The Balaban J connectivity index is 1.81. The number of H-pyrrole nitrogens is 1. The molecule has 7 heteroatoms. The van der Waals surface area contributed by atoms with Crippen molar-refractivity contribution in [1.82, 2.24) is 29.7 Å². The van der Waals surface area contributed by atoms with Crippen LogP contribution in [0.1, 0.15) is 24.7 Å². The highest BCUT2D eigenvalue weighted by atomic mass is 15.3. The zero-order valence-electron chi connectivity index (χ0n) is 11.2. The van der Waals surface area contributed by atoms with E-state index in [-0.39, 0.29) is 6.04 Å². The second-order valence-electron chi connectivity index (χ2n) is 5.09. The molecule has 1 aliphatic rings. The van der Waals surface area contributed by atoms with Gasteiger partial charge in [-0.1, -0.05) is 0 Å². The van der Waals surface area contributed by atoms with Crippen LogP contribution in [0.4, 0.5) is 5.82 Å². The molecule has 20 heavy (non-hydrogen) atoms. The number of fused-ring (bicyclic) bond motifs is 1. The Morgan fingerprint density at radius 2 is 2.30 bits per heavy atom. The van der Waals surface area contributed by atoms with Crippen LogP contribution in [0.15, 0.2) is 24.9 Å². The molecule has 0 aliphatic carbocycles. The highest BCUT2D eigenvalue weighted by Gasteiger charge is 2.31. The molecule has 0 spiro atoms. The van der Waals surface area contributed by atoms with Crippen LogP contribution in [0.25, 0.3) is 11.0 Å². The minimum Gasteiger partial charge on any atom is -0.346 e. The van der Waals surface area contributed by atoms with Gasteiger partial charge in [-0.15, -0.1) is 10.2 Å². The van der Waals surface area contributed by atoms with Crippen molar-refractivity contribution >= 4 is 16.9 Å². The third-order valence-corrected chi connectivity index (χ3v) is 3.90. The van der Waals surface area contributed by atoms with Gasteiger partial charge in [-0.2, -0.15) is 0 Å². The average Bonchev–Trinajstić information content (AvgIpc) is 3.17.